The first-order valence-corrected chi connectivity index (χ1v) is 10.9. The number of carbonyl (C=O) groups excluding carboxylic acids is 2. The van der Waals surface area contributed by atoms with E-state index in [-0.39, 0.29) is 11.4 Å². The van der Waals surface area contributed by atoms with E-state index in [1.165, 1.54) is 16.9 Å². The fraction of sp³-hybridized carbons (Fsp3) is 0.435. The Morgan fingerprint density at radius 1 is 1.23 bits per heavy atom. The minimum absolute atomic E-state index is 0.141. The van der Waals surface area contributed by atoms with Crippen LogP contribution in [0.4, 0.5) is 0 Å². The van der Waals surface area contributed by atoms with Gasteiger partial charge >= 0.3 is 0 Å². The minimum atomic E-state index is -0.618. The van der Waals surface area contributed by atoms with Gasteiger partial charge in [-0.25, -0.2) is 4.98 Å². The molecule has 1 aromatic heterocycles. The summed E-state index contributed by atoms with van der Waals surface area (Å²) in [5, 5.41) is 11.5. The highest BCUT2D eigenvalue weighted by atomic mass is 32.1. The van der Waals surface area contributed by atoms with Gasteiger partial charge in [0.15, 0.2) is 5.76 Å². The maximum atomic E-state index is 13.4. The number of likely N-dealkylation sites (N-methyl/N-ethyl adjacent to an activating group) is 1. The fourth-order valence-corrected chi connectivity index (χ4v) is 4.57. The van der Waals surface area contributed by atoms with Crippen LogP contribution in [0.3, 0.4) is 0 Å². The molecule has 1 atom stereocenters. The molecular weight excluding hydrogens is 398 g/mol. The van der Waals surface area contributed by atoms with Gasteiger partial charge in [0.1, 0.15) is 0 Å². The Morgan fingerprint density at radius 2 is 1.87 bits per heavy atom. The molecule has 0 spiro atoms. The van der Waals surface area contributed by atoms with E-state index >= 15 is 0 Å². The molecule has 6 nitrogen and oxygen atoms in total. The summed E-state index contributed by atoms with van der Waals surface area (Å²) in [6.45, 7) is 8.89. The SMILES string of the molecule is Cc1nc(C)c(C(=O)C2=C(O)C(=O)N(CCN(C)C)[C@H]2c2ccc(C(C)C)cc2)s1. The number of nitrogens with zero attached hydrogens (tertiary/aromatic N) is 3. The molecule has 30 heavy (non-hydrogen) atoms. The van der Waals surface area contributed by atoms with Crippen LogP contribution in [0.1, 0.15) is 57.3 Å². The van der Waals surface area contributed by atoms with Crippen molar-refractivity contribution < 1.29 is 14.7 Å². The van der Waals surface area contributed by atoms with Crippen LogP contribution >= 0.6 is 11.3 Å². The van der Waals surface area contributed by atoms with Crippen molar-refractivity contribution in [2.45, 2.75) is 39.7 Å². The maximum Gasteiger partial charge on any atom is 0.290 e. The molecule has 1 N–H and O–H groups in total. The Labute approximate surface area is 181 Å². The molecule has 0 radical (unpaired) electrons. The first kappa shape index (κ1) is 22.2. The van der Waals surface area contributed by atoms with E-state index in [4.69, 9.17) is 0 Å². The van der Waals surface area contributed by atoms with E-state index in [0.29, 0.717) is 29.6 Å². The molecular formula is C23H29N3O3S. The molecule has 1 aliphatic heterocycles. The molecule has 2 heterocycles. The van der Waals surface area contributed by atoms with Gasteiger partial charge in [-0.1, -0.05) is 38.1 Å². The number of aliphatic hydroxyl groups is 1. The lowest BCUT2D eigenvalue weighted by Gasteiger charge is -2.28. The zero-order valence-corrected chi connectivity index (χ0v) is 19.2. The third-order valence-electron chi connectivity index (χ3n) is 5.37. The van der Waals surface area contributed by atoms with Crippen molar-refractivity contribution in [1.82, 2.24) is 14.8 Å². The van der Waals surface area contributed by atoms with Gasteiger partial charge in [0, 0.05) is 13.1 Å². The second-order valence-corrected chi connectivity index (χ2v) is 9.47. The molecule has 0 bridgehead atoms. The van der Waals surface area contributed by atoms with Crippen molar-refractivity contribution in [2.75, 3.05) is 27.2 Å². The van der Waals surface area contributed by atoms with E-state index in [9.17, 15) is 14.7 Å². The third kappa shape index (κ3) is 4.18. The summed E-state index contributed by atoms with van der Waals surface area (Å²) in [6, 6.07) is 7.33. The van der Waals surface area contributed by atoms with Crippen LogP contribution in [0, 0.1) is 13.8 Å². The number of Topliss-reactive ketones (excluding diaryl/α,β-unsaturated/α-hetero) is 1. The van der Waals surface area contributed by atoms with E-state index in [0.717, 1.165) is 10.6 Å². The van der Waals surface area contributed by atoms with E-state index in [1.54, 1.807) is 11.8 Å². The van der Waals surface area contributed by atoms with Gasteiger partial charge in [0.05, 0.1) is 27.2 Å². The molecule has 1 aromatic carbocycles. The lowest BCUT2D eigenvalue weighted by atomic mass is 9.93. The smallest absolute Gasteiger partial charge is 0.290 e. The normalized spacial score (nSPS) is 17.0. The number of carbonyl (C=O) groups is 2. The van der Waals surface area contributed by atoms with Crippen molar-refractivity contribution >= 4 is 23.0 Å². The van der Waals surface area contributed by atoms with Crippen LogP contribution in [0.25, 0.3) is 0 Å². The van der Waals surface area contributed by atoms with Gasteiger partial charge in [0.25, 0.3) is 5.91 Å². The molecule has 0 unspecified atom stereocenters. The average Bonchev–Trinajstić information content (AvgIpc) is 3.15. The van der Waals surface area contributed by atoms with Gasteiger partial charge in [-0.05, 0) is 45.0 Å². The predicted molar refractivity (Wildman–Crippen MR) is 119 cm³/mol. The Kier molecular flexibility index (Phi) is 6.43. The summed E-state index contributed by atoms with van der Waals surface area (Å²) >= 11 is 1.29. The summed E-state index contributed by atoms with van der Waals surface area (Å²) in [5.41, 5.74) is 2.76. The Morgan fingerprint density at radius 3 is 2.37 bits per heavy atom. The first-order valence-electron chi connectivity index (χ1n) is 10.1. The van der Waals surface area contributed by atoms with Crippen LogP contribution in [-0.2, 0) is 4.79 Å². The molecule has 2 aromatic rings. The average molecular weight is 428 g/mol. The van der Waals surface area contributed by atoms with Crippen LogP contribution in [0.5, 0.6) is 0 Å². The van der Waals surface area contributed by atoms with Crippen molar-refractivity contribution in [1.29, 1.82) is 0 Å². The number of amides is 1. The molecule has 0 aliphatic carbocycles. The first-order chi connectivity index (χ1) is 14.1. The zero-order chi connectivity index (χ0) is 22.2. The monoisotopic (exact) mass is 427 g/mol. The number of hydrogen-bond acceptors (Lipinski definition) is 6. The van der Waals surface area contributed by atoms with Gasteiger partial charge in [-0.3, -0.25) is 9.59 Å². The predicted octanol–water partition coefficient (Wildman–Crippen LogP) is 4.02. The molecule has 7 heteroatoms. The quantitative estimate of drug-likeness (QED) is 0.676. The van der Waals surface area contributed by atoms with Gasteiger partial charge in [-0.2, -0.15) is 0 Å². The van der Waals surface area contributed by atoms with Crippen LogP contribution in [-0.4, -0.2) is 58.8 Å². The largest absolute Gasteiger partial charge is 0.503 e. The standard InChI is InChI=1S/C23H29N3O3S/c1-13(2)16-7-9-17(10-8-16)19-18(20(27)22-14(3)24-15(4)30-22)21(28)23(29)26(19)12-11-25(5)6/h7-10,13,19,28H,11-12H2,1-6H3/t19-/m0/s1. The Balaban J connectivity index is 2.08. The lowest BCUT2D eigenvalue weighted by Crippen LogP contribution is -2.36. The number of rotatable bonds is 7. The third-order valence-corrected chi connectivity index (χ3v) is 6.44. The topological polar surface area (TPSA) is 73.7 Å². The molecule has 160 valence electrons. The Hall–Kier alpha value is -2.51. The van der Waals surface area contributed by atoms with Gasteiger partial charge in [0.2, 0.25) is 5.78 Å². The van der Waals surface area contributed by atoms with Crippen LogP contribution < -0.4 is 0 Å². The van der Waals surface area contributed by atoms with Crippen LogP contribution in [0.2, 0.25) is 0 Å². The summed E-state index contributed by atoms with van der Waals surface area (Å²) in [5.74, 6) is -0.907. The van der Waals surface area contributed by atoms with Gasteiger partial charge in [-0.15, -0.1) is 11.3 Å². The minimum Gasteiger partial charge on any atom is -0.503 e. The second-order valence-electron chi connectivity index (χ2n) is 8.26. The molecule has 3 rings (SSSR count). The van der Waals surface area contributed by atoms with E-state index in [1.807, 2.05) is 50.2 Å². The molecule has 0 saturated heterocycles. The lowest BCUT2D eigenvalue weighted by molar-refractivity contribution is -0.129. The van der Waals surface area contributed by atoms with Crippen molar-refractivity contribution in [3.63, 3.8) is 0 Å². The van der Waals surface area contributed by atoms with Crippen molar-refractivity contribution in [3.8, 4) is 0 Å². The zero-order valence-electron chi connectivity index (χ0n) is 18.4. The fourth-order valence-electron chi connectivity index (χ4n) is 3.70. The summed E-state index contributed by atoms with van der Waals surface area (Å²) in [4.78, 5) is 34.8. The highest BCUT2D eigenvalue weighted by molar-refractivity contribution is 7.14. The highest BCUT2D eigenvalue weighted by Gasteiger charge is 2.44. The number of aliphatic hydroxyl groups excluding tert-OH is 1. The number of aryl methyl sites for hydroxylation is 2. The number of thiazole rings is 1. The molecule has 1 amide bonds. The molecule has 0 saturated carbocycles. The number of benzene rings is 1. The second kappa shape index (κ2) is 8.70. The number of ketones is 1. The van der Waals surface area contributed by atoms with Crippen molar-refractivity contribution in [3.05, 3.63) is 62.3 Å². The molecule has 1 aliphatic rings. The van der Waals surface area contributed by atoms with Crippen LogP contribution in [0.15, 0.2) is 35.6 Å². The highest BCUT2D eigenvalue weighted by Crippen LogP contribution is 2.40. The van der Waals surface area contributed by atoms with E-state index in [2.05, 4.69) is 18.8 Å². The summed E-state index contributed by atoms with van der Waals surface area (Å²) < 4.78 is 0. The summed E-state index contributed by atoms with van der Waals surface area (Å²) in [6.07, 6.45) is 0. The Bertz CT molecular complexity index is 990. The van der Waals surface area contributed by atoms with E-state index < -0.39 is 17.7 Å². The number of aromatic nitrogens is 1. The number of hydrogen-bond donors (Lipinski definition) is 1. The summed E-state index contributed by atoms with van der Waals surface area (Å²) in [7, 11) is 3.85. The van der Waals surface area contributed by atoms with Crippen molar-refractivity contribution in [2.24, 2.45) is 0 Å². The maximum absolute atomic E-state index is 13.4. The van der Waals surface area contributed by atoms with Gasteiger partial charge < -0.3 is 14.9 Å². The molecule has 0 fully saturated rings.